The van der Waals surface area contributed by atoms with E-state index in [-0.39, 0.29) is 12.1 Å². The molecule has 1 aromatic carbocycles. The summed E-state index contributed by atoms with van der Waals surface area (Å²) in [6.45, 7) is 1.44. The average molecular weight is 264 g/mol. The largest absolute Gasteiger partial charge is 0.447 e. The van der Waals surface area contributed by atoms with Gasteiger partial charge in [-0.3, -0.25) is 9.62 Å². The molecule has 2 saturated heterocycles. The quantitative estimate of drug-likeness (QED) is 0.832. The number of nitrogens with zero attached hydrogens (tertiary/aromatic N) is 1. The van der Waals surface area contributed by atoms with E-state index in [9.17, 15) is 4.79 Å². The highest BCUT2D eigenvalue weighted by molar-refractivity contribution is 7.97. The molecular formula is C13H16N2O2S. The van der Waals surface area contributed by atoms with Crippen molar-refractivity contribution in [1.82, 2.24) is 4.72 Å². The molecule has 2 aliphatic rings. The van der Waals surface area contributed by atoms with Crippen molar-refractivity contribution in [3.8, 4) is 0 Å². The van der Waals surface area contributed by atoms with E-state index in [4.69, 9.17) is 4.74 Å². The molecule has 0 bridgehead atoms. The second kappa shape index (κ2) is 5.20. The van der Waals surface area contributed by atoms with Gasteiger partial charge in [-0.05, 0) is 24.5 Å². The van der Waals surface area contributed by atoms with Gasteiger partial charge in [-0.2, -0.15) is 0 Å². The van der Waals surface area contributed by atoms with Gasteiger partial charge in [0, 0.05) is 18.0 Å². The minimum absolute atomic E-state index is 0.160. The summed E-state index contributed by atoms with van der Waals surface area (Å²) in [4.78, 5) is 13.7. The summed E-state index contributed by atoms with van der Waals surface area (Å²) >= 11 is 1.76. The van der Waals surface area contributed by atoms with E-state index in [2.05, 4.69) is 4.72 Å². The summed E-state index contributed by atoms with van der Waals surface area (Å²) in [5, 5.41) is 0. The van der Waals surface area contributed by atoms with Crippen molar-refractivity contribution in [1.29, 1.82) is 0 Å². The van der Waals surface area contributed by atoms with Crippen LogP contribution in [0.4, 0.5) is 10.5 Å². The van der Waals surface area contributed by atoms with Crippen LogP contribution in [-0.4, -0.2) is 31.0 Å². The Kier molecular flexibility index (Phi) is 3.43. The number of anilines is 1. The third-order valence-electron chi connectivity index (χ3n) is 3.52. The number of nitrogens with one attached hydrogen (secondary N) is 1. The van der Waals surface area contributed by atoms with Crippen LogP contribution in [0.5, 0.6) is 0 Å². The highest BCUT2D eigenvalue weighted by Crippen LogP contribution is 2.30. The van der Waals surface area contributed by atoms with Gasteiger partial charge in [0.25, 0.3) is 0 Å². The average Bonchev–Trinajstić information content (AvgIpc) is 2.83. The third kappa shape index (κ3) is 2.20. The standard InChI is InChI=1S/C13H16N2O2S/c16-13-15(11-4-2-1-3-5-11)12(9-17-13)10-6-7-18-14-8-10/h1-5,10,12,14H,6-9H2. The number of benzene rings is 1. The van der Waals surface area contributed by atoms with Gasteiger partial charge in [0.15, 0.2) is 0 Å². The Morgan fingerprint density at radius 3 is 2.89 bits per heavy atom. The Bertz CT molecular complexity index is 420. The number of amides is 1. The van der Waals surface area contributed by atoms with E-state index in [1.165, 1.54) is 0 Å². The number of rotatable bonds is 2. The minimum Gasteiger partial charge on any atom is -0.447 e. The van der Waals surface area contributed by atoms with Gasteiger partial charge in [0.2, 0.25) is 0 Å². The molecule has 2 heterocycles. The fraction of sp³-hybridized carbons (Fsp3) is 0.462. The zero-order valence-corrected chi connectivity index (χ0v) is 10.9. The predicted octanol–water partition coefficient (Wildman–Crippen LogP) is 2.27. The lowest BCUT2D eigenvalue weighted by Gasteiger charge is -2.31. The molecule has 0 radical (unpaired) electrons. The highest BCUT2D eigenvalue weighted by Gasteiger charge is 2.39. The highest BCUT2D eigenvalue weighted by atomic mass is 32.2. The first-order valence-corrected chi connectivity index (χ1v) is 7.20. The molecule has 1 amide bonds. The van der Waals surface area contributed by atoms with Gasteiger partial charge < -0.3 is 4.74 Å². The van der Waals surface area contributed by atoms with Gasteiger partial charge in [-0.15, -0.1) is 0 Å². The molecule has 2 atom stereocenters. The van der Waals surface area contributed by atoms with Crippen LogP contribution in [-0.2, 0) is 4.74 Å². The Morgan fingerprint density at radius 2 is 2.17 bits per heavy atom. The van der Waals surface area contributed by atoms with Crippen LogP contribution in [0.2, 0.25) is 0 Å². The molecule has 0 spiro atoms. The van der Waals surface area contributed by atoms with Gasteiger partial charge >= 0.3 is 6.09 Å². The van der Waals surface area contributed by atoms with E-state index in [0.29, 0.717) is 12.5 Å². The van der Waals surface area contributed by atoms with Crippen molar-refractivity contribution in [2.24, 2.45) is 5.92 Å². The van der Waals surface area contributed by atoms with Crippen LogP contribution in [0.3, 0.4) is 0 Å². The number of carbonyl (C=O) groups excluding carboxylic acids is 1. The molecule has 1 N–H and O–H groups in total. The molecule has 4 nitrogen and oxygen atoms in total. The third-order valence-corrected chi connectivity index (χ3v) is 4.33. The first-order chi connectivity index (χ1) is 8.86. The van der Waals surface area contributed by atoms with Crippen LogP contribution in [0.15, 0.2) is 30.3 Å². The lowest BCUT2D eigenvalue weighted by molar-refractivity contribution is 0.176. The Hall–Kier alpha value is -1.20. The van der Waals surface area contributed by atoms with Crippen molar-refractivity contribution in [3.63, 3.8) is 0 Å². The lowest BCUT2D eigenvalue weighted by Crippen LogP contribution is -2.44. The van der Waals surface area contributed by atoms with Crippen LogP contribution >= 0.6 is 11.9 Å². The molecular weight excluding hydrogens is 248 g/mol. The van der Waals surface area contributed by atoms with Crippen molar-refractivity contribution in [3.05, 3.63) is 30.3 Å². The van der Waals surface area contributed by atoms with Crippen LogP contribution in [0.1, 0.15) is 6.42 Å². The van der Waals surface area contributed by atoms with Gasteiger partial charge in [0.05, 0.1) is 6.04 Å². The van der Waals surface area contributed by atoms with Crippen LogP contribution < -0.4 is 9.62 Å². The molecule has 1 aromatic rings. The normalized spacial score (nSPS) is 28.2. The Labute approximate surface area is 111 Å². The fourth-order valence-electron chi connectivity index (χ4n) is 2.55. The van der Waals surface area contributed by atoms with Gasteiger partial charge in [0.1, 0.15) is 6.61 Å². The molecule has 0 saturated carbocycles. The molecule has 2 aliphatic heterocycles. The molecule has 96 valence electrons. The number of ether oxygens (including phenoxy) is 1. The summed E-state index contributed by atoms with van der Waals surface area (Å²) < 4.78 is 8.56. The Morgan fingerprint density at radius 1 is 1.33 bits per heavy atom. The number of hydrogen-bond donors (Lipinski definition) is 1. The zero-order valence-electron chi connectivity index (χ0n) is 10.0. The SMILES string of the molecule is O=C1OCC(C2CCSNC2)N1c1ccccc1. The van der Waals surface area contributed by atoms with Crippen LogP contribution in [0.25, 0.3) is 0 Å². The van der Waals surface area contributed by atoms with E-state index >= 15 is 0 Å². The molecule has 5 heteroatoms. The minimum atomic E-state index is -0.218. The first kappa shape index (κ1) is 11.9. The molecule has 0 aromatic heterocycles. The van der Waals surface area contributed by atoms with E-state index < -0.39 is 0 Å². The van der Waals surface area contributed by atoms with E-state index in [1.807, 2.05) is 35.2 Å². The monoisotopic (exact) mass is 264 g/mol. The zero-order chi connectivity index (χ0) is 12.4. The second-order valence-electron chi connectivity index (χ2n) is 4.60. The maximum Gasteiger partial charge on any atom is 0.414 e. The maximum absolute atomic E-state index is 11.9. The fourth-order valence-corrected chi connectivity index (χ4v) is 3.44. The summed E-state index contributed by atoms with van der Waals surface area (Å²) in [5.41, 5.74) is 0.934. The topological polar surface area (TPSA) is 41.6 Å². The predicted molar refractivity (Wildman–Crippen MR) is 72.6 cm³/mol. The lowest BCUT2D eigenvalue weighted by atomic mass is 9.96. The Balaban J connectivity index is 1.83. The molecule has 18 heavy (non-hydrogen) atoms. The van der Waals surface area contributed by atoms with E-state index in [0.717, 1.165) is 24.4 Å². The first-order valence-electron chi connectivity index (χ1n) is 6.22. The summed E-state index contributed by atoms with van der Waals surface area (Å²) in [5.74, 6) is 1.57. The number of para-hydroxylation sites is 1. The number of hydrogen-bond acceptors (Lipinski definition) is 4. The van der Waals surface area contributed by atoms with E-state index in [1.54, 1.807) is 11.9 Å². The van der Waals surface area contributed by atoms with Crippen molar-refractivity contribution >= 4 is 23.7 Å². The molecule has 2 unspecified atom stereocenters. The maximum atomic E-state index is 11.9. The van der Waals surface area contributed by atoms with Crippen molar-refractivity contribution in [2.45, 2.75) is 12.5 Å². The molecule has 3 rings (SSSR count). The molecule has 2 fully saturated rings. The second-order valence-corrected chi connectivity index (χ2v) is 5.58. The number of cyclic esters (lactones) is 1. The van der Waals surface area contributed by atoms with Crippen LogP contribution in [0, 0.1) is 5.92 Å². The van der Waals surface area contributed by atoms with Crippen molar-refractivity contribution in [2.75, 3.05) is 23.8 Å². The summed E-state index contributed by atoms with van der Waals surface area (Å²) in [6, 6.07) is 9.95. The van der Waals surface area contributed by atoms with Gasteiger partial charge in [-0.25, -0.2) is 4.79 Å². The van der Waals surface area contributed by atoms with Gasteiger partial charge in [-0.1, -0.05) is 30.1 Å². The summed E-state index contributed by atoms with van der Waals surface area (Å²) in [6.07, 6.45) is 0.909. The molecule has 0 aliphatic carbocycles. The smallest absolute Gasteiger partial charge is 0.414 e. The summed E-state index contributed by atoms with van der Waals surface area (Å²) in [7, 11) is 0. The van der Waals surface area contributed by atoms with Crippen molar-refractivity contribution < 1.29 is 9.53 Å². The number of carbonyl (C=O) groups is 1.